The van der Waals surface area contributed by atoms with Crippen molar-refractivity contribution in [2.75, 3.05) is 20.8 Å². The first kappa shape index (κ1) is 22.5. The molecule has 2 aromatic carbocycles. The van der Waals surface area contributed by atoms with Crippen LogP contribution in [0, 0.1) is 0 Å². The lowest BCUT2D eigenvalue weighted by atomic mass is 10.0. The number of carbonyl (C=O) groups excluding carboxylic acids is 1. The quantitative estimate of drug-likeness (QED) is 0.372. The number of thiophene rings is 1. The number of amides is 1. The third-order valence-electron chi connectivity index (χ3n) is 5.56. The van der Waals surface area contributed by atoms with E-state index in [1.807, 2.05) is 47.8 Å². The van der Waals surface area contributed by atoms with Crippen molar-refractivity contribution in [2.45, 2.75) is 12.5 Å². The molecule has 5 rings (SSSR count). The Morgan fingerprint density at radius 3 is 2.71 bits per heavy atom. The van der Waals surface area contributed by atoms with Crippen LogP contribution in [0.25, 0.3) is 5.69 Å². The van der Waals surface area contributed by atoms with E-state index in [9.17, 15) is 4.79 Å². The summed E-state index contributed by atoms with van der Waals surface area (Å²) in [4.78, 5) is 14.3. The van der Waals surface area contributed by atoms with Crippen molar-refractivity contribution in [1.82, 2.24) is 25.2 Å². The molecule has 0 spiro atoms. The van der Waals surface area contributed by atoms with Crippen molar-refractivity contribution in [3.63, 3.8) is 0 Å². The molecule has 0 saturated heterocycles. The highest BCUT2D eigenvalue weighted by Gasteiger charge is 2.34. The van der Waals surface area contributed by atoms with Crippen molar-refractivity contribution in [1.29, 1.82) is 0 Å². The van der Waals surface area contributed by atoms with Crippen LogP contribution in [-0.2, 0) is 4.79 Å². The standard InChI is InChI=1S/C24H22N6O4S/c1-32-21-9-8-16(11-22(21)33-2)20-13-19(23-7-4-10-35-23)26-30(20)24(31)14-34-18-6-3-5-17(12-18)29-15-25-27-28-29/h3-12,15,20H,13-14H2,1-2H3. The van der Waals surface area contributed by atoms with Gasteiger partial charge in [-0.2, -0.15) is 5.10 Å². The van der Waals surface area contributed by atoms with Crippen LogP contribution in [0.4, 0.5) is 0 Å². The predicted octanol–water partition coefficient (Wildman–Crippen LogP) is 3.50. The molecule has 11 heteroatoms. The van der Waals surface area contributed by atoms with E-state index in [1.54, 1.807) is 37.7 Å². The number of hydrogen-bond acceptors (Lipinski definition) is 9. The lowest BCUT2D eigenvalue weighted by Crippen LogP contribution is -2.31. The molecule has 1 unspecified atom stereocenters. The van der Waals surface area contributed by atoms with Crippen LogP contribution in [0.2, 0.25) is 0 Å². The first-order valence-electron chi connectivity index (χ1n) is 10.8. The second kappa shape index (κ2) is 9.94. The fourth-order valence-electron chi connectivity index (χ4n) is 3.86. The van der Waals surface area contributed by atoms with Gasteiger partial charge in [0.25, 0.3) is 5.91 Å². The molecule has 0 radical (unpaired) electrons. The topological polar surface area (TPSA) is 104 Å². The number of benzene rings is 2. The number of methoxy groups -OCH3 is 2. The number of tetrazole rings is 1. The minimum Gasteiger partial charge on any atom is -0.493 e. The summed E-state index contributed by atoms with van der Waals surface area (Å²) in [6, 6.07) is 16.5. The third kappa shape index (κ3) is 4.71. The molecule has 0 bridgehead atoms. The molecule has 178 valence electrons. The van der Waals surface area contributed by atoms with Crippen LogP contribution in [0.3, 0.4) is 0 Å². The Morgan fingerprint density at radius 2 is 1.97 bits per heavy atom. The molecular weight excluding hydrogens is 468 g/mol. The van der Waals surface area contributed by atoms with Gasteiger partial charge in [0.05, 0.1) is 36.5 Å². The molecule has 3 heterocycles. The maximum atomic E-state index is 13.3. The van der Waals surface area contributed by atoms with Crippen molar-refractivity contribution in [3.05, 3.63) is 76.7 Å². The van der Waals surface area contributed by atoms with Crippen LogP contribution in [0.5, 0.6) is 17.2 Å². The SMILES string of the molecule is COc1ccc(C2CC(c3cccs3)=NN2C(=O)COc2cccc(-n3cnnn3)c2)cc1OC. The summed E-state index contributed by atoms with van der Waals surface area (Å²) in [6.45, 7) is -0.177. The third-order valence-corrected chi connectivity index (χ3v) is 6.48. The fourth-order valence-corrected chi connectivity index (χ4v) is 4.58. The minimum atomic E-state index is -0.296. The Hall–Kier alpha value is -4.25. The van der Waals surface area contributed by atoms with Crippen molar-refractivity contribution >= 4 is 23.0 Å². The van der Waals surface area contributed by atoms with Gasteiger partial charge in [0.15, 0.2) is 18.1 Å². The zero-order valence-electron chi connectivity index (χ0n) is 19.1. The van der Waals surface area contributed by atoms with Gasteiger partial charge >= 0.3 is 0 Å². The molecule has 1 atom stereocenters. The Labute approximate surface area is 205 Å². The van der Waals surface area contributed by atoms with E-state index < -0.39 is 0 Å². The molecular formula is C24H22N6O4S. The van der Waals surface area contributed by atoms with Gasteiger partial charge in [-0.1, -0.05) is 18.2 Å². The van der Waals surface area contributed by atoms with Gasteiger partial charge in [-0.05, 0) is 51.7 Å². The van der Waals surface area contributed by atoms with Gasteiger partial charge in [0.1, 0.15) is 12.1 Å². The highest BCUT2D eigenvalue weighted by atomic mass is 32.1. The monoisotopic (exact) mass is 490 g/mol. The van der Waals surface area contributed by atoms with E-state index in [1.165, 1.54) is 16.0 Å². The zero-order valence-corrected chi connectivity index (χ0v) is 19.9. The Morgan fingerprint density at radius 1 is 1.09 bits per heavy atom. The second-order valence-electron chi connectivity index (χ2n) is 7.64. The molecule has 0 fully saturated rings. The Bertz CT molecular complexity index is 1340. The summed E-state index contributed by atoms with van der Waals surface area (Å²) in [5.74, 6) is 1.48. The van der Waals surface area contributed by atoms with Crippen molar-refractivity contribution < 1.29 is 19.0 Å². The van der Waals surface area contributed by atoms with Crippen LogP contribution in [-0.4, -0.2) is 57.7 Å². The molecule has 0 N–H and O–H groups in total. The lowest BCUT2D eigenvalue weighted by Gasteiger charge is -2.23. The summed E-state index contributed by atoms with van der Waals surface area (Å²) >= 11 is 1.59. The number of ether oxygens (including phenoxy) is 3. The summed E-state index contributed by atoms with van der Waals surface area (Å²) in [7, 11) is 3.18. The molecule has 4 aromatic rings. The van der Waals surface area contributed by atoms with E-state index in [0.29, 0.717) is 23.7 Å². The Balaban J connectivity index is 1.38. The average Bonchev–Trinajstić information content (AvgIpc) is 3.68. The summed E-state index contributed by atoms with van der Waals surface area (Å²) < 4.78 is 18.2. The number of rotatable bonds is 8. The number of hydrogen-bond donors (Lipinski definition) is 0. The van der Waals surface area contributed by atoms with Crippen LogP contribution in [0.15, 0.2) is 71.4 Å². The van der Waals surface area contributed by atoms with E-state index in [4.69, 9.17) is 14.2 Å². The van der Waals surface area contributed by atoms with Gasteiger partial charge in [0.2, 0.25) is 0 Å². The number of carbonyl (C=O) groups is 1. The van der Waals surface area contributed by atoms with Gasteiger partial charge in [-0.15, -0.1) is 16.4 Å². The summed E-state index contributed by atoms with van der Waals surface area (Å²) in [5, 5.41) is 19.3. The maximum absolute atomic E-state index is 13.3. The summed E-state index contributed by atoms with van der Waals surface area (Å²) in [6.07, 6.45) is 2.07. The van der Waals surface area contributed by atoms with E-state index in [-0.39, 0.29) is 18.6 Å². The van der Waals surface area contributed by atoms with Gasteiger partial charge in [-0.3, -0.25) is 4.79 Å². The number of hydrazone groups is 1. The first-order valence-corrected chi connectivity index (χ1v) is 11.7. The average molecular weight is 491 g/mol. The van der Waals surface area contributed by atoms with Crippen LogP contribution >= 0.6 is 11.3 Å². The van der Waals surface area contributed by atoms with Gasteiger partial charge < -0.3 is 14.2 Å². The number of aromatic nitrogens is 4. The molecule has 1 aliphatic rings. The van der Waals surface area contributed by atoms with Gasteiger partial charge in [0, 0.05) is 12.5 Å². The largest absolute Gasteiger partial charge is 0.493 e. The fraction of sp³-hybridized carbons (Fsp3) is 0.208. The highest BCUT2D eigenvalue weighted by Crippen LogP contribution is 2.38. The Kier molecular flexibility index (Phi) is 6.40. The summed E-state index contributed by atoms with van der Waals surface area (Å²) in [5.41, 5.74) is 2.48. The minimum absolute atomic E-state index is 0.177. The van der Waals surface area contributed by atoms with E-state index in [0.717, 1.165) is 21.8 Å². The van der Waals surface area contributed by atoms with Crippen molar-refractivity contribution in [2.24, 2.45) is 5.10 Å². The molecule has 1 aliphatic heterocycles. The molecule has 0 saturated carbocycles. The van der Waals surface area contributed by atoms with Gasteiger partial charge in [-0.25, -0.2) is 9.69 Å². The van der Waals surface area contributed by atoms with E-state index >= 15 is 0 Å². The normalized spacial score (nSPS) is 15.1. The maximum Gasteiger partial charge on any atom is 0.281 e. The molecule has 10 nitrogen and oxygen atoms in total. The molecule has 35 heavy (non-hydrogen) atoms. The molecule has 2 aromatic heterocycles. The highest BCUT2D eigenvalue weighted by molar-refractivity contribution is 7.12. The number of nitrogens with zero attached hydrogens (tertiary/aromatic N) is 6. The predicted molar refractivity (Wildman–Crippen MR) is 129 cm³/mol. The zero-order chi connectivity index (χ0) is 24.2. The second-order valence-corrected chi connectivity index (χ2v) is 8.58. The molecule has 1 amide bonds. The first-order chi connectivity index (χ1) is 17.2. The van der Waals surface area contributed by atoms with Crippen molar-refractivity contribution in [3.8, 4) is 22.9 Å². The lowest BCUT2D eigenvalue weighted by molar-refractivity contribution is -0.135. The van der Waals surface area contributed by atoms with Crippen LogP contribution in [0.1, 0.15) is 22.9 Å². The van der Waals surface area contributed by atoms with E-state index in [2.05, 4.69) is 20.6 Å². The van der Waals surface area contributed by atoms with Crippen LogP contribution < -0.4 is 14.2 Å². The smallest absolute Gasteiger partial charge is 0.281 e. The molecule has 0 aliphatic carbocycles.